The Kier molecular flexibility index (Phi) is 5.30. The Morgan fingerprint density at radius 2 is 1.74 bits per heavy atom. The van der Waals surface area contributed by atoms with Crippen LogP contribution in [-0.2, 0) is 4.79 Å². The third-order valence-corrected chi connectivity index (χ3v) is 3.43. The molecule has 0 atom stereocenters. The minimum absolute atomic E-state index is 0.00697. The molecule has 2 aromatic rings. The highest BCUT2D eigenvalue weighted by atomic mass is 16.6. The van der Waals surface area contributed by atoms with Crippen molar-refractivity contribution in [3.63, 3.8) is 0 Å². The van der Waals surface area contributed by atoms with Crippen molar-refractivity contribution in [1.82, 2.24) is 0 Å². The standard InChI is InChI=1S/C17H18N2O4/c1-13-3-5-14(6-4-13)18(2)17(20)11-12-23-16-9-7-15(8-10-16)19(21)22/h3-10H,11-12H2,1-2H3. The average molecular weight is 314 g/mol. The quantitative estimate of drug-likeness (QED) is 0.605. The highest BCUT2D eigenvalue weighted by molar-refractivity contribution is 5.92. The number of carbonyl (C=O) groups excluding carboxylic acids is 1. The Balaban J connectivity index is 1.84. The molecule has 0 aliphatic carbocycles. The van der Waals surface area contributed by atoms with Crippen LogP contribution in [0.15, 0.2) is 48.5 Å². The summed E-state index contributed by atoms with van der Waals surface area (Å²) in [6, 6.07) is 13.5. The first-order valence-electron chi connectivity index (χ1n) is 7.18. The molecule has 0 saturated carbocycles. The lowest BCUT2D eigenvalue weighted by Crippen LogP contribution is -2.27. The maximum absolute atomic E-state index is 12.1. The fourth-order valence-electron chi connectivity index (χ4n) is 2.00. The Morgan fingerprint density at radius 1 is 1.13 bits per heavy atom. The molecule has 2 aromatic carbocycles. The van der Waals surface area contributed by atoms with Crippen molar-refractivity contribution in [3.8, 4) is 5.75 Å². The van der Waals surface area contributed by atoms with E-state index < -0.39 is 4.92 Å². The average Bonchev–Trinajstić information content (AvgIpc) is 2.55. The summed E-state index contributed by atoms with van der Waals surface area (Å²) in [5.41, 5.74) is 1.97. The topological polar surface area (TPSA) is 72.7 Å². The third kappa shape index (κ3) is 4.54. The highest BCUT2D eigenvalue weighted by Gasteiger charge is 2.11. The molecule has 0 radical (unpaired) electrons. The van der Waals surface area contributed by atoms with Gasteiger partial charge in [-0.05, 0) is 31.2 Å². The van der Waals surface area contributed by atoms with Crippen LogP contribution in [0, 0.1) is 17.0 Å². The molecule has 0 unspecified atom stereocenters. The molecule has 6 heteroatoms. The molecule has 0 heterocycles. The van der Waals surface area contributed by atoms with Gasteiger partial charge in [0.2, 0.25) is 5.91 Å². The summed E-state index contributed by atoms with van der Waals surface area (Å²) in [6.45, 7) is 2.20. The van der Waals surface area contributed by atoms with E-state index in [9.17, 15) is 14.9 Å². The molecular weight excluding hydrogens is 296 g/mol. The Morgan fingerprint density at radius 3 is 2.30 bits per heavy atom. The van der Waals surface area contributed by atoms with Crippen LogP contribution >= 0.6 is 0 Å². The van der Waals surface area contributed by atoms with E-state index in [0.29, 0.717) is 5.75 Å². The number of hydrogen-bond acceptors (Lipinski definition) is 4. The number of aryl methyl sites for hydroxylation is 1. The molecular formula is C17H18N2O4. The second kappa shape index (κ2) is 7.40. The SMILES string of the molecule is Cc1ccc(N(C)C(=O)CCOc2ccc([N+](=O)[O-])cc2)cc1. The van der Waals surface area contributed by atoms with Gasteiger partial charge in [0, 0.05) is 24.9 Å². The third-order valence-electron chi connectivity index (χ3n) is 3.43. The number of nitro groups is 1. The van der Waals surface area contributed by atoms with Crippen molar-refractivity contribution >= 4 is 17.3 Å². The van der Waals surface area contributed by atoms with E-state index in [1.54, 1.807) is 11.9 Å². The number of ether oxygens (including phenoxy) is 1. The van der Waals surface area contributed by atoms with Crippen molar-refractivity contribution in [1.29, 1.82) is 0 Å². The number of rotatable bonds is 6. The maximum Gasteiger partial charge on any atom is 0.269 e. The van der Waals surface area contributed by atoms with Gasteiger partial charge in [-0.25, -0.2) is 0 Å². The number of carbonyl (C=O) groups is 1. The van der Waals surface area contributed by atoms with Crippen molar-refractivity contribution < 1.29 is 14.5 Å². The van der Waals surface area contributed by atoms with Crippen molar-refractivity contribution in [3.05, 3.63) is 64.2 Å². The number of hydrogen-bond donors (Lipinski definition) is 0. The van der Waals surface area contributed by atoms with Crippen LogP contribution < -0.4 is 9.64 Å². The molecule has 1 amide bonds. The maximum atomic E-state index is 12.1. The van der Waals surface area contributed by atoms with Gasteiger partial charge in [-0.3, -0.25) is 14.9 Å². The number of anilines is 1. The van der Waals surface area contributed by atoms with E-state index in [2.05, 4.69) is 0 Å². The first-order chi connectivity index (χ1) is 11.0. The predicted octanol–water partition coefficient (Wildman–Crippen LogP) is 3.34. The van der Waals surface area contributed by atoms with E-state index in [0.717, 1.165) is 11.3 Å². The van der Waals surface area contributed by atoms with Gasteiger partial charge in [0.15, 0.2) is 0 Å². The zero-order valence-corrected chi connectivity index (χ0v) is 13.1. The molecule has 23 heavy (non-hydrogen) atoms. The molecule has 0 bridgehead atoms. The van der Waals surface area contributed by atoms with Crippen molar-refractivity contribution in [2.45, 2.75) is 13.3 Å². The van der Waals surface area contributed by atoms with Crippen LogP contribution in [0.3, 0.4) is 0 Å². The minimum atomic E-state index is -0.468. The fourth-order valence-corrected chi connectivity index (χ4v) is 2.00. The summed E-state index contributed by atoms with van der Waals surface area (Å²) in [4.78, 5) is 23.8. The summed E-state index contributed by atoms with van der Waals surface area (Å²) < 4.78 is 5.45. The zero-order chi connectivity index (χ0) is 16.8. The Bertz CT molecular complexity index is 681. The fraction of sp³-hybridized carbons (Fsp3) is 0.235. The molecule has 0 spiro atoms. The van der Waals surface area contributed by atoms with Crippen LogP contribution in [0.2, 0.25) is 0 Å². The van der Waals surface area contributed by atoms with Crippen LogP contribution in [0.4, 0.5) is 11.4 Å². The van der Waals surface area contributed by atoms with Crippen LogP contribution in [-0.4, -0.2) is 24.5 Å². The Labute approximate surface area is 134 Å². The molecule has 0 aliphatic heterocycles. The normalized spacial score (nSPS) is 10.2. The van der Waals surface area contributed by atoms with Gasteiger partial charge in [0.1, 0.15) is 5.75 Å². The van der Waals surface area contributed by atoms with Gasteiger partial charge in [-0.1, -0.05) is 17.7 Å². The second-order valence-corrected chi connectivity index (χ2v) is 5.14. The van der Waals surface area contributed by atoms with E-state index in [1.807, 2.05) is 31.2 Å². The summed E-state index contributed by atoms with van der Waals surface area (Å²) >= 11 is 0. The molecule has 6 nitrogen and oxygen atoms in total. The number of amides is 1. The van der Waals surface area contributed by atoms with Gasteiger partial charge < -0.3 is 9.64 Å². The van der Waals surface area contributed by atoms with Crippen molar-refractivity contribution in [2.75, 3.05) is 18.6 Å². The van der Waals surface area contributed by atoms with Crippen LogP contribution in [0.25, 0.3) is 0 Å². The van der Waals surface area contributed by atoms with Gasteiger partial charge in [-0.15, -0.1) is 0 Å². The highest BCUT2D eigenvalue weighted by Crippen LogP contribution is 2.18. The molecule has 0 N–H and O–H groups in total. The van der Waals surface area contributed by atoms with E-state index in [4.69, 9.17) is 4.74 Å². The first kappa shape index (κ1) is 16.5. The smallest absolute Gasteiger partial charge is 0.269 e. The van der Waals surface area contributed by atoms with Gasteiger partial charge in [-0.2, -0.15) is 0 Å². The number of nitro benzene ring substituents is 1. The first-order valence-corrected chi connectivity index (χ1v) is 7.18. The number of non-ortho nitro benzene ring substituents is 1. The second-order valence-electron chi connectivity index (χ2n) is 5.14. The summed E-state index contributed by atoms with van der Waals surface area (Å²) in [7, 11) is 1.72. The lowest BCUT2D eigenvalue weighted by atomic mass is 10.2. The van der Waals surface area contributed by atoms with E-state index >= 15 is 0 Å². The molecule has 0 aromatic heterocycles. The summed E-state index contributed by atoms with van der Waals surface area (Å²) in [6.07, 6.45) is 0.224. The summed E-state index contributed by atoms with van der Waals surface area (Å²) in [5, 5.41) is 10.6. The Hall–Kier alpha value is -2.89. The number of benzene rings is 2. The monoisotopic (exact) mass is 314 g/mol. The van der Waals surface area contributed by atoms with E-state index in [-0.39, 0.29) is 24.6 Å². The zero-order valence-electron chi connectivity index (χ0n) is 13.1. The van der Waals surface area contributed by atoms with Gasteiger partial charge >= 0.3 is 0 Å². The lowest BCUT2D eigenvalue weighted by molar-refractivity contribution is -0.384. The van der Waals surface area contributed by atoms with E-state index in [1.165, 1.54) is 24.3 Å². The molecule has 0 aliphatic rings. The molecule has 2 rings (SSSR count). The predicted molar refractivity (Wildman–Crippen MR) is 87.8 cm³/mol. The van der Waals surface area contributed by atoms with Gasteiger partial charge in [0.05, 0.1) is 18.0 Å². The molecule has 0 fully saturated rings. The lowest BCUT2D eigenvalue weighted by Gasteiger charge is -2.17. The summed E-state index contributed by atoms with van der Waals surface area (Å²) in [5.74, 6) is 0.442. The largest absolute Gasteiger partial charge is 0.493 e. The van der Waals surface area contributed by atoms with Crippen LogP contribution in [0.5, 0.6) is 5.75 Å². The number of nitrogens with zero attached hydrogens (tertiary/aromatic N) is 2. The van der Waals surface area contributed by atoms with Gasteiger partial charge in [0.25, 0.3) is 5.69 Å². The minimum Gasteiger partial charge on any atom is -0.493 e. The van der Waals surface area contributed by atoms with Crippen molar-refractivity contribution in [2.24, 2.45) is 0 Å². The molecule has 120 valence electrons. The van der Waals surface area contributed by atoms with Crippen LogP contribution in [0.1, 0.15) is 12.0 Å². The molecule has 0 saturated heterocycles.